The Morgan fingerprint density at radius 3 is 2.26 bits per heavy atom. The minimum Gasteiger partial charge on any atom is -0.320 e. The zero-order valence-electron chi connectivity index (χ0n) is 12.7. The van der Waals surface area contributed by atoms with Crippen LogP contribution in [0.15, 0.2) is 42.5 Å². The van der Waals surface area contributed by atoms with Crippen LogP contribution in [-0.2, 0) is 4.79 Å². The van der Waals surface area contributed by atoms with Gasteiger partial charge in [-0.2, -0.15) is 0 Å². The van der Waals surface area contributed by atoms with E-state index in [4.69, 9.17) is 0 Å². The highest BCUT2D eigenvalue weighted by Crippen LogP contribution is 2.20. The molecule has 2 rings (SSSR count). The van der Waals surface area contributed by atoms with E-state index in [9.17, 15) is 18.0 Å². The molecule has 0 saturated carbocycles. The average molecular weight is 319 g/mol. The van der Waals surface area contributed by atoms with Crippen molar-refractivity contribution in [2.24, 2.45) is 0 Å². The first-order valence-electron chi connectivity index (χ1n) is 7.11. The van der Waals surface area contributed by atoms with Crippen molar-refractivity contribution in [2.75, 3.05) is 5.32 Å². The monoisotopic (exact) mass is 319 g/mol. The lowest BCUT2D eigenvalue weighted by molar-refractivity contribution is -0.111. The molecule has 1 amide bonds. The smallest absolute Gasteiger partial charge is 0.248 e. The summed E-state index contributed by atoms with van der Waals surface area (Å²) in [5, 5.41) is 2.17. The highest BCUT2D eigenvalue weighted by atomic mass is 19.2. The third-order valence-electron chi connectivity index (χ3n) is 3.32. The summed E-state index contributed by atoms with van der Waals surface area (Å²) >= 11 is 0. The summed E-state index contributed by atoms with van der Waals surface area (Å²) in [5.74, 6) is -4.57. The molecule has 0 fully saturated rings. The van der Waals surface area contributed by atoms with Crippen molar-refractivity contribution in [3.8, 4) is 0 Å². The Kier molecular flexibility index (Phi) is 5.21. The highest BCUT2D eigenvalue weighted by Gasteiger charge is 2.14. The second-order valence-corrected chi connectivity index (χ2v) is 5.37. The van der Waals surface area contributed by atoms with E-state index < -0.39 is 29.0 Å². The second-order valence-electron chi connectivity index (χ2n) is 5.37. The number of anilines is 1. The molecule has 0 aliphatic carbocycles. The van der Waals surface area contributed by atoms with E-state index in [0.29, 0.717) is 5.92 Å². The van der Waals surface area contributed by atoms with Crippen molar-refractivity contribution in [2.45, 2.75) is 19.8 Å². The van der Waals surface area contributed by atoms with Crippen molar-refractivity contribution in [3.63, 3.8) is 0 Å². The van der Waals surface area contributed by atoms with Gasteiger partial charge in [0.05, 0.1) is 5.69 Å². The molecule has 0 unspecified atom stereocenters. The molecule has 1 N–H and O–H groups in total. The van der Waals surface area contributed by atoms with Crippen molar-refractivity contribution >= 4 is 17.7 Å². The number of hydrogen-bond acceptors (Lipinski definition) is 1. The van der Waals surface area contributed by atoms with Gasteiger partial charge in [-0.25, -0.2) is 13.2 Å². The Labute approximate surface area is 132 Å². The lowest BCUT2D eigenvalue weighted by atomic mass is 10.0. The van der Waals surface area contributed by atoms with E-state index in [2.05, 4.69) is 19.2 Å². The lowest BCUT2D eigenvalue weighted by Crippen LogP contribution is -2.10. The van der Waals surface area contributed by atoms with Gasteiger partial charge in [0, 0.05) is 6.08 Å². The van der Waals surface area contributed by atoms with Crippen molar-refractivity contribution in [3.05, 3.63) is 71.1 Å². The van der Waals surface area contributed by atoms with Crippen LogP contribution in [0, 0.1) is 17.5 Å². The Balaban J connectivity index is 2.06. The summed E-state index contributed by atoms with van der Waals surface area (Å²) in [6.07, 6.45) is 2.75. The van der Waals surface area contributed by atoms with Gasteiger partial charge in [0.15, 0.2) is 17.5 Å². The standard InChI is InChI=1S/C18H16F3NO/c1-11(2)13-6-3-12(4-7-13)5-10-16(23)22-15-9-8-14(19)17(20)18(15)21/h3-11H,1-2H3,(H,22,23)/b10-5+. The van der Waals surface area contributed by atoms with Gasteiger partial charge in [-0.15, -0.1) is 0 Å². The normalized spacial score (nSPS) is 11.2. The molecule has 2 nitrogen and oxygen atoms in total. The quantitative estimate of drug-likeness (QED) is 0.631. The van der Waals surface area contributed by atoms with Crippen LogP contribution in [-0.4, -0.2) is 5.91 Å². The first-order valence-corrected chi connectivity index (χ1v) is 7.11. The molecule has 0 atom stereocenters. The molecular formula is C18H16F3NO. The molecular weight excluding hydrogens is 303 g/mol. The van der Waals surface area contributed by atoms with Crippen LogP contribution in [0.5, 0.6) is 0 Å². The molecule has 0 bridgehead atoms. The minimum atomic E-state index is -1.61. The van der Waals surface area contributed by atoms with Gasteiger partial charge in [0.25, 0.3) is 0 Å². The van der Waals surface area contributed by atoms with Gasteiger partial charge in [-0.1, -0.05) is 38.1 Å². The lowest BCUT2D eigenvalue weighted by Gasteiger charge is -2.05. The summed E-state index contributed by atoms with van der Waals surface area (Å²) in [6, 6.07) is 9.35. The zero-order chi connectivity index (χ0) is 17.0. The SMILES string of the molecule is CC(C)c1ccc(/C=C/C(=O)Nc2ccc(F)c(F)c2F)cc1. The first kappa shape index (κ1) is 16.8. The fourth-order valence-electron chi connectivity index (χ4n) is 1.96. The number of benzene rings is 2. The summed E-state index contributed by atoms with van der Waals surface area (Å²) in [6.45, 7) is 4.16. The topological polar surface area (TPSA) is 29.1 Å². The summed E-state index contributed by atoms with van der Waals surface area (Å²) < 4.78 is 39.3. The maximum absolute atomic E-state index is 13.5. The fourth-order valence-corrected chi connectivity index (χ4v) is 1.96. The highest BCUT2D eigenvalue weighted by molar-refractivity contribution is 6.02. The first-order chi connectivity index (χ1) is 10.9. The molecule has 0 aliphatic heterocycles. The molecule has 2 aromatic rings. The molecule has 23 heavy (non-hydrogen) atoms. The number of hydrogen-bond donors (Lipinski definition) is 1. The summed E-state index contributed by atoms with van der Waals surface area (Å²) in [4.78, 5) is 11.7. The Morgan fingerprint density at radius 1 is 1.00 bits per heavy atom. The maximum atomic E-state index is 13.5. The Bertz CT molecular complexity index is 737. The van der Waals surface area contributed by atoms with Crippen molar-refractivity contribution in [1.29, 1.82) is 0 Å². The molecule has 0 spiro atoms. The molecule has 0 radical (unpaired) electrons. The van der Waals surface area contributed by atoms with Gasteiger partial charge in [-0.05, 0) is 35.3 Å². The van der Waals surface area contributed by atoms with Crippen molar-refractivity contribution < 1.29 is 18.0 Å². The second kappa shape index (κ2) is 7.13. The summed E-state index contributed by atoms with van der Waals surface area (Å²) in [7, 11) is 0. The van der Waals surface area contributed by atoms with E-state index in [1.54, 1.807) is 6.08 Å². The van der Waals surface area contributed by atoms with Crippen LogP contribution >= 0.6 is 0 Å². The third kappa shape index (κ3) is 4.22. The maximum Gasteiger partial charge on any atom is 0.248 e. The number of nitrogens with one attached hydrogen (secondary N) is 1. The third-order valence-corrected chi connectivity index (χ3v) is 3.32. The van der Waals surface area contributed by atoms with Gasteiger partial charge in [0.1, 0.15) is 0 Å². The van der Waals surface area contributed by atoms with E-state index in [-0.39, 0.29) is 0 Å². The molecule has 0 saturated heterocycles. The number of carbonyl (C=O) groups is 1. The molecule has 0 aromatic heterocycles. The molecule has 2 aromatic carbocycles. The zero-order valence-corrected chi connectivity index (χ0v) is 12.7. The fraction of sp³-hybridized carbons (Fsp3) is 0.167. The van der Waals surface area contributed by atoms with Crippen LogP contribution in [0.1, 0.15) is 30.9 Å². The average Bonchev–Trinajstić information content (AvgIpc) is 2.54. The van der Waals surface area contributed by atoms with Gasteiger partial charge < -0.3 is 5.32 Å². The van der Waals surface area contributed by atoms with Gasteiger partial charge >= 0.3 is 0 Å². The molecule has 5 heteroatoms. The van der Waals surface area contributed by atoms with Gasteiger partial charge in [-0.3, -0.25) is 4.79 Å². The summed E-state index contributed by atoms with van der Waals surface area (Å²) in [5.41, 5.74) is 1.57. The number of amides is 1. The number of rotatable bonds is 4. The Morgan fingerprint density at radius 2 is 1.65 bits per heavy atom. The molecule has 0 aliphatic rings. The van der Waals surface area contributed by atoms with E-state index in [1.165, 1.54) is 11.6 Å². The van der Waals surface area contributed by atoms with Crippen LogP contribution in [0.4, 0.5) is 18.9 Å². The van der Waals surface area contributed by atoms with Crippen LogP contribution in [0.25, 0.3) is 6.08 Å². The minimum absolute atomic E-state index is 0.409. The van der Waals surface area contributed by atoms with Crippen molar-refractivity contribution in [1.82, 2.24) is 0 Å². The predicted octanol–water partition coefficient (Wildman–Crippen LogP) is 4.88. The van der Waals surface area contributed by atoms with Crippen LogP contribution in [0.2, 0.25) is 0 Å². The number of halogens is 3. The predicted molar refractivity (Wildman–Crippen MR) is 84.5 cm³/mol. The van der Waals surface area contributed by atoms with E-state index in [1.807, 2.05) is 24.3 Å². The number of carbonyl (C=O) groups excluding carboxylic acids is 1. The van der Waals surface area contributed by atoms with Crippen LogP contribution in [0.3, 0.4) is 0 Å². The van der Waals surface area contributed by atoms with E-state index in [0.717, 1.165) is 17.7 Å². The van der Waals surface area contributed by atoms with Crippen LogP contribution < -0.4 is 5.32 Å². The van der Waals surface area contributed by atoms with E-state index >= 15 is 0 Å². The largest absolute Gasteiger partial charge is 0.320 e. The molecule has 0 heterocycles. The van der Waals surface area contributed by atoms with Gasteiger partial charge in [0.2, 0.25) is 5.91 Å². The Hall–Kier alpha value is -2.56. The molecule has 120 valence electrons.